The number of amides is 3. The van der Waals surface area contributed by atoms with Gasteiger partial charge in [-0.15, -0.1) is 0 Å². The second-order valence-corrected chi connectivity index (χ2v) is 7.47. The smallest absolute Gasteiger partial charge is 0.294 e. The third-order valence-corrected chi connectivity index (χ3v) is 5.45. The summed E-state index contributed by atoms with van der Waals surface area (Å²) in [5, 5.41) is 2.11. The summed E-state index contributed by atoms with van der Waals surface area (Å²) in [5.41, 5.74) is 1.02. The largest absolute Gasteiger partial charge is 0.495 e. The van der Waals surface area contributed by atoms with Crippen LogP contribution in [-0.2, 0) is 9.59 Å². The number of nitrogens with zero attached hydrogens (tertiary/aromatic N) is 1. The molecule has 1 aliphatic rings. The maximum absolute atomic E-state index is 12.8. The predicted octanol–water partition coefficient (Wildman–Crippen LogP) is 3.40. The Morgan fingerprint density at radius 1 is 0.969 bits per heavy atom. The zero-order valence-corrected chi connectivity index (χ0v) is 18.8. The molecule has 1 N–H and O–H groups in total. The summed E-state index contributed by atoms with van der Waals surface area (Å²) < 4.78 is 21.1. The van der Waals surface area contributed by atoms with Crippen molar-refractivity contribution in [2.75, 3.05) is 40.3 Å². The minimum Gasteiger partial charge on any atom is -0.495 e. The topological polar surface area (TPSA) is 103 Å². The molecule has 3 amide bonds. The molecular weight excluding hydrogens is 436 g/mol. The first-order valence-electron chi connectivity index (χ1n) is 9.40. The lowest BCUT2D eigenvalue weighted by Gasteiger charge is -2.14. The number of rotatable bonds is 8. The first-order valence-corrected chi connectivity index (χ1v) is 10.2. The summed E-state index contributed by atoms with van der Waals surface area (Å²) in [7, 11) is 5.93. The third-order valence-electron chi connectivity index (χ3n) is 4.54. The predicted molar refractivity (Wildman–Crippen MR) is 120 cm³/mol. The third kappa shape index (κ3) is 4.80. The quantitative estimate of drug-likeness (QED) is 0.601. The van der Waals surface area contributed by atoms with E-state index in [0.29, 0.717) is 34.2 Å². The highest BCUT2D eigenvalue weighted by Gasteiger charge is 2.36. The van der Waals surface area contributed by atoms with Crippen molar-refractivity contribution < 1.29 is 33.3 Å². The molecule has 0 spiro atoms. The maximum Gasteiger partial charge on any atom is 0.294 e. The van der Waals surface area contributed by atoms with Gasteiger partial charge in [-0.05, 0) is 47.7 Å². The van der Waals surface area contributed by atoms with E-state index in [9.17, 15) is 14.4 Å². The average Bonchev–Trinajstić information content (AvgIpc) is 3.05. The number of ether oxygens (including phenoxy) is 4. The zero-order chi connectivity index (χ0) is 23.3. The van der Waals surface area contributed by atoms with Crippen LogP contribution in [-0.4, -0.2) is 56.9 Å². The molecule has 2 aromatic carbocycles. The summed E-state index contributed by atoms with van der Waals surface area (Å²) in [4.78, 5) is 38.7. The van der Waals surface area contributed by atoms with E-state index in [1.165, 1.54) is 34.5 Å². The molecule has 0 bridgehead atoms. The van der Waals surface area contributed by atoms with E-state index in [2.05, 4.69) is 5.32 Å². The molecule has 1 saturated heterocycles. The van der Waals surface area contributed by atoms with Crippen molar-refractivity contribution in [1.82, 2.24) is 4.90 Å². The SMILES string of the molecule is COc1ccccc1NC(=O)CN1C(=O)S/C(=C/c2cc(OC)c(OC)c(OC)c2)C1=O. The van der Waals surface area contributed by atoms with Gasteiger partial charge in [-0.2, -0.15) is 0 Å². The fourth-order valence-corrected chi connectivity index (χ4v) is 3.89. The molecule has 9 nitrogen and oxygen atoms in total. The molecule has 10 heteroatoms. The fourth-order valence-electron chi connectivity index (χ4n) is 3.05. The Labute approximate surface area is 189 Å². The van der Waals surface area contributed by atoms with Crippen LogP contribution in [0.1, 0.15) is 5.56 Å². The molecule has 0 aromatic heterocycles. The Balaban J connectivity index is 1.78. The molecule has 0 saturated carbocycles. The lowest BCUT2D eigenvalue weighted by Crippen LogP contribution is -2.36. The van der Waals surface area contributed by atoms with Gasteiger partial charge in [0.25, 0.3) is 11.1 Å². The van der Waals surface area contributed by atoms with Crippen LogP contribution in [0.2, 0.25) is 0 Å². The number of anilines is 1. The minimum absolute atomic E-state index is 0.175. The van der Waals surface area contributed by atoms with Crippen LogP contribution >= 0.6 is 11.8 Å². The first kappa shape index (κ1) is 23.0. The Kier molecular flexibility index (Phi) is 7.26. The van der Waals surface area contributed by atoms with Gasteiger partial charge in [0.2, 0.25) is 11.7 Å². The Morgan fingerprint density at radius 2 is 1.59 bits per heavy atom. The molecule has 168 valence electrons. The number of carbonyl (C=O) groups is 3. The maximum atomic E-state index is 12.8. The fraction of sp³-hybridized carbons (Fsp3) is 0.227. The Morgan fingerprint density at radius 3 is 2.19 bits per heavy atom. The summed E-state index contributed by atoms with van der Waals surface area (Å²) in [6, 6.07) is 10.2. The zero-order valence-electron chi connectivity index (χ0n) is 18.0. The van der Waals surface area contributed by atoms with Gasteiger partial charge < -0.3 is 24.3 Å². The van der Waals surface area contributed by atoms with Gasteiger partial charge in [-0.1, -0.05) is 12.1 Å². The van der Waals surface area contributed by atoms with Gasteiger partial charge in [0.1, 0.15) is 12.3 Å². The van der Waals surface area contributed by atoms with Gasteiger partial charge >= 0.3 is 0 Å². The lowest BCUT2D eigenvalue weighted by atomic mass is 10.1. The molecule has 3 rings (SSSR count). The van der Waals surface area contributed by atoms with Crippen molar-refractivity contribution in [3.8, 4) is 23.0 Å². The highest BCUT2D eigenvalue weighted by atomic mass is 32.2. The Hall–Kier alpha value is -3.66. The number of thioether (sulfide) groups is 1. The summed E-state index contributed by atoms with van der Waals surface area (Å²) in [5.74, 6) is 0.613. The molecule has 0 unspecified atom stereocenters. The normalized spacial score (nSPS) is 14.5. The van der Waals surface area contributed by atoms with E-state index in [0.717, 1.165) is 16.7 Å². The number of carbonyl (C=O) groups excluding carboxylic acids is 3. The molecule has 1 fully saturated rings. The van der Waals surface area contributed by atoms with Gasteiger partial charge in [-0.3, -0.25) is 19.3 Å². The van der Waals surface area contributed by atoms with E-state index < -0.39 is 23.6 Å². The number of hydrogen-bond donors (Lipinski definition) is 1. The molecule has 1 aliphatic heterocycles. The number of para-hydroxylation sites is 2. The van der Waals surface area contributed by atoms with Crippen molar-refractivity contribution >= 4 is 40.6 Å². The highest BCUT2D eigenvalue weighted by molar-refractivity contribution is 8.18. The van der Waals surface area contributed by atoms with Crippen LogP contribution in [0, 0.1) is 0 Å². The van der Waals surface area contributed by atoms with E-state index >= 15 is 0 Å². The second kappa shape index (κ2) is 10.1. The molecule has 0 aliphatic carbocycles. The minimum atomic E-state index is -0.566. The number of hydrogen-bond acceptors (Lipinski definition) is 8. The van der Waals surface area contributed by atoms with Crippen LogP contribution < -0.4 is 24.3 Å². The van der Waals surface area contributed by atoms with Crippen molar-refractivity contribution in [1.29, 1.82) is 0 Å². The molecule has 2 aromatic rings. The van der Waals surface area contributed by atoms with Gasteiger partial charge in [0.15, 0.2) is 11.5 Å². The van der Waals surface area contributed by atoms with Crippen LogP contribution in [0.4, 0.5) is 10.5 Å². The van der Waals surface area contributed by atoms with E-state index in [-0.39, 0.29) is 4.91 Å². The van der Waals surface area contributed by atoms with Crippen molar-refractivity contribution in [3.63, 3.8) is 0 Å². The molecule has 0 radical (unpaired) electrons. The number of imide groups is 1. The van der Waals surface area contributed by atoms with Gasteiger partial charge in [-0.25, -0.2) is 0 Å². The van der Waals surface area contributed by atoms with Crippen LogP contribution in [0.15, 0.2) is 41.3 Å². The first-order chi connectivity index (χ1) is 15.4. The van der Waals surface area contributed by atoms with Crippen molar-refractivity contribution in [2.24, 2.45) is 0 Å². The van der Waals surface area contributed by atoms with Crippen LogP contribution in [0.25, 0.3) is 6.08 Å². The van der Waals surface area contributed by atoms with E-state index in [4.69, 9.17) is 18.9 Å². The van der Waals surface area contributed by atoms with Gasteiger partial charge in [0.05, 0.1) is 39.0 Å². The van der Waals surface area contributed by atoms with Crippen LogP contribution in [0.5, 0.6) is 23.0 Å². The van der Waals surface area contributed by atoms with Gasteiger partial charge in [0, 0.05) is 0 Å². The average molecular weight is 458 g/mol. The lowest BCUT2D eigenvalue weighted by molar-refractivity contribution is -0.127. The number of methoxy groups -OCH3 is 4. The summed E-state index contributed by atoms with van der Waals surface area (Å²) >= 11 is 0.750. The molecule has 32 heavy (non-hydrogen) atoms. The molecule has 1 heterocycles. The standard InChI is InChI=1S/C22H22N2O7S/c1-28-15-8-6-5-7-14(15)23-19(25)12-24-21(26)18(32-22(24)27)11-13-9-16(29-2)20(31-4)17(10-13)30-3/h5-11H,12H2,1-4H3,(H,23,25)/b18-11+. The summed E-state index contributed by atoms with van der Waals surface area (Å²) in [6.45, 7) is -0.421. The Bertz CT molecular complexity index is 1060. The van der Waals surface area contributed by atoms with Crippen LogP contribution in [0.3, 0.4) is 0 Å². The highest BCUT2D eigenvalue weighted by Crippen LogP contribution is 2.40. The summed E-state index contributed by atoms with van der Waals surface area (Å²) in [6.07, 6.45) is 1.54. The van der Waals surface area contributed by atoms with E-state index in [1.54, 1.807) is 36.4 Å². The van der Waals surface area contributed by atoms with Crippen molar-refractivity contribution in [3.05, 3.63) is 46.9 Å². The second-order valence-electron chi connectivity index (χ2n) is 6.47. The van der Waals surface area contributed by atoms with Crippen molar-refractivity contribution in [2.45, 2.75) is 0 Å². The number of nitrogens with one attached hydrogen (secondary N) is 1. The van der Waals surface area contributed by atoms with E-state index in [1.807, 2.05) is 0 Å². The molecule has 0 atom stereocenters. The number of benzene rings is 2. The monoisotopic (exact) mass is 458 g/mol. The molecular formula is C22H22N2O7S.